The summed E-state index contributed by atoms with van der Waals surface area (Å²) in [6.45, 7) is 7.19. The molecule has 3 aromatic rings. The highest BCUT2D eigenvalue weighted by Gasteiger charge is 2.04. The number of aryl methyl sites for hydroxylation is 1. The fourth-order valence-electron chi connectivity index (χ4n) is 2.75. The van der Waals surface area contributed by atoms with E-state index in [1.165, 1.54) is 16.0 Å². The number of halogens is 1. The van der Waals surface area contributed by atoms with Crippen molar-refractivity contribution in [3.63, 3.8) is 0 Å². The first-order valence-corrected chi connectivity index (χ1v) is 10.0. The highest BCUT2D eigenvalue weighted by atomic mass is 127. The maximum atomic E-state index is 4.76. The molecule has 3 rings (SSSR count). The van der Waals surface area contributed by atoms with Crippen LogP contribution in [0.2, 0.25) is 0 Å². The fourth-order valence-corrected chi connectivity index (χ4v) is 3.53. The van der Waals surface area contributed by atoms with E-state index in [1.54, 1.807) is 17.5 Å². The molecule has 0 aliphatic carbocycles. The number of hydrogen-bond acceptors (Lipinski definition) is 4. The standard InChI is InChI=1S/C20H26N6S.HI/c1-3-21-20(22-11-9-19-23-13-16(2)27-19)24-14-17-7-4-5-8-18(17)15-26-12-6-10-25-26;/h4-8,10,12-13H,3,9,11,14-15H2,1-2H3,(H2,21,22,24);1H. The molecule has 1 aromatic carbocycles. The van der Waals surface area contributed by atoms with Gasteiger partial charge in [0.15, 0.2) is 5.96 Å². The second-order valence-electron chi connectivity index (χ2n) is 6.21. The van der Waals surface area contributed by atoms with Crippen LogP contribution in [0.3, 0.4) is 0 Å². The predicted octanol–water partition coefficient (Wildman–Crippen LogP) is 3.61. The number of rotatable bonds is 8. The molecule has 0 saturated heterocycles. The lowest BCUT2D eigenvalue weighted by Crippen LogP contribution is -2.38. The number of benzene rings is 1. The highest BCUT2D eigenvalue weighted by Crippen LogP contribution is 2.12. The molecule has 0 unspecified atom stereocenters. The summed E-state index contributed by atoms with van der Waals surface area (Å²) in [4.78, 5) is 10.4. The second kappa shape index (κ2) is 11.8. The van der Waals surface area contributed by atoms with Crippen molar-refractivity contribution in [2.24, 2.45) is 4.99 Å². The van der Waals surface area contributed by atoms with Gasteiger partial charge in [0.25, 0.3) is 0 Å². The number of guanidine groups is 1. The van der Waals surface area contributed by atoms with Gasteiger partial charge >= 0.3 is 0 Å². The van der Waals surface area contributed by atoms with Crippen LogP contribution < -0.4 is 10.6 Å². The van der Waals surface area contributed by atoms with E-state index in [2.05, 4.69) is 58.8 Å². The third kappa shape index (κ3) is 6.90. The van der Waals surface area contributed by atoms with Gasteiger partial charge < -0.3 is 10.6 Å². The van der Waals surface area contributed by atoms with E-state index in [0.717, 1.165) is 37.0 Å². The van der Waals surface area contributed by atoms with Crippen molar-refractivity contribution in [2.75, 3.05) is 13.1 Å². The van der Waals surface area contributed by atoms with Gasteiger partial charge in [-0.15, -0.1) is 35.3 Å². The van der Waals surface area contributed by atoms with E-state index in [9.17, 15) is 0 Å². The Bertz CT molecular complexity index is 859. The van der Waals surface area contributed by atoms with E-state index in [4.69, 9.17) is 4.99 Å². The number of thiazole rings is 1. The van der Waals surface area contributed by atoms with Crippen LogP contribution in [0, 0.1) is 6.92 Å². The third-order valence-electron chi connectivity index (χ3n) is 4.06. The summed E-state index contributed by atoms with van der Waals surface area (Å²) in [6.07, 6.45) is 6.61. The summed E-state index contributed by atoms with van der Waals surface area (Å²) in [5.41, 5.74) is 2.44. The van der Waals surface area contributed by atoms with Crippen LogP contribution in [0.15, 0.2) is 53.9 Å². The topological polar surface area (TPSA) is 67.1 Å². The molecule has 28 heavy (non-hydrogen) atoms. The van der Waals surface area contributed by atoms with E-state index >= 15 is 0 Å². The molecule has 0 fully saturated rings. The molecule has 150 valence electrons. The van der Waals surface area contributed by atoms with Gasteiger partial charge in [-0.05, 0) is 31.0 Å². The number of aliphatic imine (C=N–C) groups is 1. The Morgan fingerprint density at radius 3 is 2.68 bits per heavy atom. The normalized spacial score (nSPS) is 11.1. The zero-order valence-electron chi connectivity index (χ0n) is 16.3. The fraction of sp³-hybridized carbons (Fsp3) is 0.350. The van der Waals surface area contributed by atoms with Crippen LogP contribution in [0.1, 0.15) is 27.9 Å². The van der Waals surface area contributed by atoms with Crippen LogP contribution in [-0.2, 0) is 19.5 Å². The SMILES string of the molecule is CCNC(=NCc1ccccc1Cn1cccn1)NCCc1ncc(C)s1.I. The Morgan fingerprint density at radius 2 is 2.00 bits per heavy atom. The monoisotopic (exact) mass is 510 g/mol. The van der Waals surface area contributed by atoms with E-state index < -0.39 is 0 Å². The van der Waals surface area contributed by atoms with Crippen molar-refractivity contribution in [1.82, 2.24) is 25.4 Å². The molecular weight excluding hydrogens is 483 g/mol. The lowest BCUT2D eigenvalue weighted by Gasteiger charge is -2.12. The molecule has 2 N–H and O–H groups in total. The first kappa shape index (κ1) is 22.4. The molecule has 0 bridgehead atoms. The van der Waals surface area contributed by atoms with Gasteiger partial charge in [0, 0.05) is 43.0 Å². The van der Waals surface area contributed by atoms with Crippen molar-refractivity contribution >= 4 is 41.3 Å². The zero-order chi connectivity index (χ0) is 18.9. The van der Waals surface area contributed by atoms with Crippen molar-refractivity contribution in [2.45, 2.75) is 33.4 Å². The molecule has 6 nitrogen and oxygen atoms in total. The Morgan fingerprint density at radius 1 is 1.18 bits per heavy atom. The molecule has 0 spiro atoms. The van der Waals surface area contributed by atoms with Gasteiger partial charge in [-0.1, -0.05) is 24.3 Å². The van der Waals surface area contributed by atoms with Crippen LogP contribution >= 0.6 is 35.3 Å². The van der Waals surface area contributed by atoms with Crippen LogP contribution in [0.25, 0.3) is 0 Å². The van der Waals surface area contributed by atoms with Crippen LogP contribution in [0.5, 0.6) is 0 Å². The van der Waals surface area contributed by atoms with Crippen molar-refractivity contribution in [3.8, 4) is 0 Å². The summed E-state index contributed by atoms with van der Waals surface area (Å²) in [5, 5.41) is 12.2. The Balaban J connectivity index is 0.00000280. The van der Waals surface area contributed by atoms with Crippen molar-refractivity contribution < 1.29 is 0 Å². The van der Waals surface area contributed by atoms with E-state index in [0.29, 0.717) is 6.54 Å². The Hall–Kier alpha value is -1.94. The van der Waals surface area contributed by atoms with Gasteiger partial charge in [0.05, 0.1) is 18.1 Å². The number of nitrogens with one attached hydrogen (secondary N) is 2. The average Bonchev–Trinajstić information content (AvgIpc) is 3.32. The molecule has 8 heteroatoms. The molecule has 2 heterocycles. The molecular formula is C20H27IN6S. The number of nitrogens with zero attached hydrogens (tertiary/aromatic N) is 4. The van der Waals surface area contributed by atoms with Gasteiger partial charge in [0.2, 0.25) is 0 Å². The number of aromatic nitrogens is 3. The minimum Gasteiger partial charge on any atom is -0.357 e. The van der Waals surface area contributed by atoms with Crippen LogP contribution in [0.4, 0.5) is 0 Å². The molecule has 0 aliphatic heterocycles. The largest absolute Gasteiger partial charge is 0.357 e. The molecule has 0 aliphatic rings. The first-order chi connectivity index (χ1) is 13.2. The summed E-state index contributed by atoms with van der Waals surface area (Å²) < 4.78 is 1.93. The molecule has 2 aromatic heterocycles. The maximum Gasteiger partial charge on any atom is 0.191 e. The maximum absolute atomic E-state index is 4.76. The summed E-state index contributed by atoms with van der Waals surface area (Å²) in [7, 11) is 0. The van der Waals surface area contributed by atoms with Gasteiger partial charge in [-0.2, -0.15) is 5.10 Å². The van der Waals surface area contributed by atoms with Gasteiger partial charge in [0.1, 0.15) is 0 Å². The third-order valence-corrected chi connectivity index (χ3v) is 5.03. The van der Waals surface area contributed by atoms with Crippen LogP contribution in [-0.4, -0.2) is 33.8 Å². The lowest BCUT2D eigenvalue weighted by atomic mass is 10.1. The smallest absolute Gasteiger partial charge is 0.191 e. The quantitative estimate of drug-likeness (QED) is 0.276. The summed E-state index contributed by atoms with van der Waals surface area (Å²) >= 11 is 1.75. The van der Waals surface area contributed by atoms with Gasteiger partial charge in [-0.25, -0.2) is 9.98 Å². The Kier molecular flexibility index (Phi) is 9.42. The first-order valence-electron chi connectivity index (χ1n) is 9.22. The molecule has 0 atom stereocenters. The minimum atomic E-state index is 0. The number of hydrogen-bond donors (Lipinski definition) is 2. The molecule has 0 radical (unpaired) electrons. The zero-order valence-corrected chi connectivity index (χ0v) is 19.4. The molecule has 0 saturated carbocycles. The molecule has 0 amide bonds. The van der Waals surface area contributed by atoms with Crippen molar-refractivity contribution in [1.29, 1.82) is 0 Å². The lowest BCUT2D eigenvalue weighted by molar-refractivity contribution is 0.680. The van der Waals surface area contributed by atoms with E-state index in [-0.39, 0.29) is 24.0 Å². The van der Waals surface area contributed by atoms with E-state index in [1.807, 2.05) is 23.1 Å². The summed E-state index contributed by atoms with van der Waals surface area (Å²) in [6, 6.07) is 10.3. The van der Waals surface area contributed by atoms with Crippen molar-refractivity contribution in [3.05, 3.63) is 69.9 Å². The minimum absolute atomic E-state index is 0. The average molecular weight is 510 g/mol. The predicted molar refractivity (Wildman–Crippen MR) is 127 cm³/mol. The highest BCUT2D eigenvalue weighted by molar-refractivity contribution is 14.0. The summed E-state index contributed by atoms with van der Waals surface area (Å²) in [5.74, 6) is 0.833. The Labute approximate surface area is 187 Å². The second-order valence-corrected chi connectivity index (χ2v) is 7.53. The van der Waals surface area contributed by atoms with Gasteiger partial charge in [-0.3, -0.25) is 4.68 Å².